The lowest BCUT2D eigenvalue weighted by Crippen LogP contribution is -2.42. The van der Waals surface area contributed by atoms with E-state index in [1.54, 1.807) is 4.90 Å². The maximum Gasteiger partial charge on any atom is 0.416 e. The van der Waals surface area contributed by atoms with E-state index in [-0.39, 0.29) is 19.0 Å². The van der Waals surface area contributed by atoms with Crippen LogP contribution in [0.1, 0.15) is 42.3 Å². The maximum atomic E-state index is 12.9. The number of likely N-dealkylation sites (tertiary alicyclic amines) is 1. The van der Waals surface area contributed by atoms with E-state index >= 15 is 0 Å². The predicted molar refractivity (Wildman–Crippen MR) is 96.2 cm³/mol. The number of hydrogen-bond donors (Lipinski definition) is 1. The minimum Gasteiger partial charge on any atom is -0.391 e. The average molecular weight is 410 g/mol. The fourth-order valence-corrected chi connectivity index (χ4v) is 4.04. The fourth-order valence-electron chi connectivity index (χ4n) is 4.04. The van der Waals surface area contributed by atoms with Crippen LogP contribution in [0.4, 0.5) is 13.2 Å². The lowest BCUT2D eigenvalue weighted by Gasteiger charge is -2.27. The van der Waals surface area contributed by atoms with Gasteiger partial charge in [0.2, 0.25) is 5.91 Å². The molecule has 0 aliphatic carbocycles. The number of aryl methyl sites for hydroxylation is 1. The highest BCUT2D eigenvalue weighted by Crippen LogP contribution is 2.30. The fraction of sp³-hybridized carbons (Fsp3) is 0.526. The first-order valence-corrected chi connectivity index (χ1v) is 9.55. The molecule has 4 rings (SSSR count). The Hall–Kier alpha value is -2.62. The van der Waals surface area contributed by atoms with Crippen LogP contribution in [0.2, 0.25) is 0 Å². The summed E-state index contributed by atoms with van der Waals surface area (Å²) in [4.78, 5) is 27.3. The molecule has 0 bridgehead atoms. The van der Waals surface area contributed by atoms with Crippen molar-refractivity contribution in [3.05, 3.63) is 51.7 Å². The van der Waals surface area contributed by atoms with Crippen LogP contribution in [0, 0.1) is 0 Å². The van der Waals surface area contributed by atoms with E-state index < -0.39 is 29.6 Å². The molecule has 1 aromatic heterocycles. The Morgan fingerprint density at radius 3 is 2.76 bits per heavy atom. The Balaban J connectivity index is 1.62. The van der Waals surface area contributed by atoms with Gasteiger partial charge in [0.25, 0.3) is 0 Å². The highest BCUT2D eigenvalue weighted by atomic mass is 19.4. The van der Waals surface area contributed by atoms with Gasteiger partial charge in [-0.25, -0.2) is 9.48 Å². The third kappa shape index (κ3) is 3.81. The second kappa shape index (κ2) is 7.33. The highest BCUT2D eigenvalue weighted by Gasteiger charge is 2.36. The zero-order chi connectivity index (χ0) is 20.8. The first-order chi connectivity index (χ1) is 13.7. The van der Waals surface area contributed by atoms with Gasteiger partial charge in [0.1, 0.15) is 11.9 Å². The van der Waals surface area contributed by atoms with Gasteiger partial charge < -0.3 is 10.0 Å². The van der Waals surface area contributed by atoms with Gasteiger partial charge in [-0.2, -0.15) is 18.3 Å². The van der Waals surface area contributed by atoms with Crippen molar-refractivity contribution in [2.75, 3.05) is 13.1 Å². The number of carbonyl (C=O) groups is 1. The largest absolute Gasteiger partial charge is 0.416 e. The Kier molecular flexibility index (Phi) is 4.97. The molecule has 29 heavy (non-hydrogen) atoms. The molecule has 0 saturated carbocycles. The van der Waals surface area contributed by atoms with E-state index in [1.165, 1.54) is 16.7 Å². The summed E-state index contributed by atoms with van der Waals surface area (Å²) >= 11 is 0. The minimum absolute atomic E-state index is 0.105. The number of hydrogen-bond acceptors (Lipinski definition) is 4. The zero-order valence-corrected chi connectivity index (χ0v) is 15.6. The molecule has 1 fully saturated rings. The lowest BCUT2D eigenvalue weighted by molar-refractivity contribution is -0.137. The number of aliphatic hydroxyl groups is 1. The maximum absolute atomic E-state index is 12.9. The number of benzene rings is 1. The predicted octanol–water partition coefficient (Wildman–Crippen LogP) is 1.58. The first kappa shape index (κ1) is 19.7. The average Bonchev–Trinajstić information content (AvgIpc) is 3.24. The smallest absolute Gasteiger partial charge is 0.391 e. The summed E-state index contributed by atoms with van der Waals surface area (Å²) in [6, 6.07) is 4.09. The summed E-state index contributed by atoms with van der Waals surface area (Å²) in [7, 11) is 0. The number of β-amino-alcohol motifs (C(OH)–C–C–N with tert-alkyl or cyclic N) is 1. The molecule has 1 saturated heterocycles. The van der Waals surface area contributed by atoms with Gasteiger partial charge in [-0.1, -0.05) is 12.1 Å². The Bertz CT molecular complexity index is 982. The second-order valence-electron chi connectivity index (χ2n) is 7.56. The molecule has 10 heteroatoms. The van der Waals surface area contributed by atoms with E-state index in [2.05, 4.69) is 5.10 Å². The summed E-state index contributed by atoms with van der Waals surface area (Å²) in [5, 5.41) is 14.0. The number of amides is 1. The highest BCUT2D eigenvalue weighted by molar-refractivity contribution is 5.81. The summed E-state index contributed by atoms with van der Waals surface area (Å²) in [6.45, 7) is 0.586. The molecule has 1 aromatic carbocycles. The number of aliphatic hydroxyl groups excluding tert-OH is 1. The lowest BCUT2D eigenvalue weighted by atomic mass is 10.0. The molecule has 2 atom stereocenters. The molecule has 3 heterocycles. The zero-order valence-electron chi connectivity index (χ0n) is 15.6. The first-order valence-electron chi connectivity index (χ1n) is 9.55. The van der Waals surface area contributed by atoms with Crippen molar-refractivity contribution in [1.29, 1.82) is 0 Å². The molecule has 0 unspecified atom stereocenters. The van der Waals surface area contributed by atoms with Crippen LogP contribution in [-0.4, -0.2) is 49.5 Å². The summed E-state index contributed by atoms with van der Waals surface area (Å²) in [5.41, 5.74) is -0.981. The van der Waals surface area contributed by atoms with Crippen molar-refractivity contribution in [2.45, 2.75) is 50.6 Å². The van der Waals surface area contributed by atoms with Crippen LogP contribution >= 0.6 is 0 Å². The van der Waals surface area contributed by atoms with Gasteiger partial charge in [0.15, 0.2) is 0 Å². The number of rotatable bonds is 3. The summed E-state index contributed by atoms with van der Waals surface area (Å²) in [5.74, 6) is 0.245. The van der Waals surface area contributed by atoms with Crippen LogP contribution in [0.3, 0.4) is 0 Å². The molecular weight excluding hydrogens is 389 g/mol. The monoisotopic (exact) mass is 410 g/mol. The number of alkyl halides is 3. The van der Waals surface area contributed by atoms with Gasteiger partial charge in [-0.15, -0.1) is 0 Å². The topological polar surface area (TPSA) is 80.4 Å². The van der Waals surface area contributed by atoms with E-state index in [0.717, 1.165) is 16.8 Å². The number of halogens is 3. The Morgan fingerprint density at radius 2 is 2.07 bits per heavy atom. The summed E-state index contributed by atoms with van der Waals surface area (Å²) in [6.07, 6.45) is -2.80. The van der Waals surface area contributed by atoms with Gasteiger partial charge in [-0.3, -0.25) is 9.36 Å². The molecule has 0 radical (unpaired) electrons. The quantitative estimate of drug-likeness (QED) is 0.833. The van der Waals surface area contributed by atoms with Crippen molar-refractivity contribution < 1.29 is 23.1 Å². The molecule has 1 N–H and O–H groups in total. The summed E-state index contributed by atoms with van der Waals surface area (Å²) < 4.78 is 41.3. The van der Waals surface area contributed by atoms with Gasteiger partial charge in [0.05, 0.1) is 18.2 Å². The van der Waals surface area contributed by atoms with Gasteiger partial charge in [-0.05, 0) is 37.0 Å². The minimum atomic E-state index is -4.47. The normalized spacial score (nSPS) is 22.0. The molecular formula is C19H21F3N4O3. The van der Waals surface area contributed by atoms with E-state index in [4.69, 9.17) is 0 Å². The van der Waals surface area contributed by atoms with Gasteiger partial charge >= 0.3 is 11.9 Å². The number of aromatic nitrogens is 3. The molecule has 7 nitrogen and oxygen atoms in total. The SMILES string of the molecule is O=C([C@@H]1CCCc2nn(Cc3cccc(C(F)(F)F)c3)c(=O)n21)N1CC[C@H](O)C1. The molecule has 1 amide bonds. The van der Waals surface area contributed by atoms with Crippen LogP contribution in [0.5, 0.6) is 0 Å². The van der Waals surface area contributed by atoms with Crippen molar-refractivity contribution in [1.82, 2.24) is 19.2 Å². The number of nitrogens with zero attached hydrogens (tertiary/aromatic N) is 4. The third-order valence-corrected chi connectivity index (χ3v) is 5.48. The standard InChI is InChI=1S/C19H21F3N4O3/c20-19(21,22)13-4-1-3-12(9-13)10-25-18(29)26-15(5-2-6-16(26)23-25)17(28)24-8-7-14(27)11-24/h1,3-4,9,14-15,27H,2,5-8,10-11H2/t14-,15-/m0/s1. The Labute approximate surface area is 164 Å². The van der Waals surface area contributed by atoms with Gasteiger partial charge in [0, 0.05) is 19.5 Å². The van der Waals surface area contributed by atoms with Crippen molar-refractivity contribution in [2.24, 2.45) is 0 Å². The van der Waals surface area contributed by atoms with Crippen LogP contribution in [0.15, 0.2) is 29.1 Å². The number of carbonyl (C=O) groups excluding carboxylic acids is 1. The molecule has 156 valence electrons. The molecule has 2 aliphatic rings. The van der Waals surface area contributed by atoms with E-state index in [9.17, 15) is 27.9 Å². The molecule has 2 aliphatic heterocycles. The van der Waals surface area contributed by atoms with Crippen molar-refractivity contribution in [3.8, 4) is 0 Å². The van der Waals surface area contributed by atoms with E-state index in [1.807, 2.05) is 0 Å². The molecule has 0 spiro atoms. The van der Waals surface area contributed by atoms with Crippen molar-refractivity contribution in [3.63, 3.8) is 0 Å². The second-order valence-corrected chi connectivity index (χ2v) is 7.56. The molecule has 2 aromatic rings. The van der Waals surface area contributed by atoms with Crippen LogP contribution in [-0.2, 0) is 23.9 Å². The Morgan fingerprint density at radius 1 is 1.28 bits per heavy atom. The van der Waals surface area contributed by atoms with Crippen molar-refractivity contribution >= 4 is 5.91 Å². The number of fused-ring (bicyclic) bond motifs is 1. The third-order valence-electron chi connectivity index (χ3n) is 5.48. The van der Waals surface area contributed by atoms with Crippen LogP contribution < -0.4 is 5.69 Å². The van der Waals surface area contributed by atoms with E-state index in [0.29, 0.717) is 43.6 Å². The van der Waals surface area contributed by atoms with Crippen LogP contribution in [0.25, 0.3) is 0 Å².